The van der Waals surface area contributed by atoms with Gasteiger partial charge in [-0.1, -0.05) is 43.7 Å². The minimum absolute atomic E-state index is 0.389. The highest BCUT2D eigenvalue weighted by Crippen LogP contribution is 2.55. The summed E-state index contributed by atoms with van der Waals surface area (Å²) in [5.74, 6) is 0. The van der Waals surface area contributed by atoms with E-state index in [1.54, 1.807) is 30.3 Å². The lowest BCUT2D eigenvalue weighted by Gasteiger charge is -2.07. The average Bonchev–Trinajstić information content (AvgIpc) is 2.98. The standard InChI is InChI=1S/C19H18F3S.BF4/c1-2-3-8-14-9-4-6-11-16(14)18-13-15-10-5-7-12-17(15)23(18)19(20,21)22;2-1(3,4)5/h4-7,9-13H,2-3,8H2,1H3;/q+1;-1. The molecule has 0 aliphatic carbocycles. The van der Waals surface area contributed by atoms with Crippen molar-refractivity contribution < 1.29 is 30.4 Å². The molecular weight excluding hydrogens is 404 g/mol. The molecule has 0 N–H and O–H groups in total. The Labute approximate surface area is 161 Å². The predicted octanol–water partition coefficient (Wildman–Crippen LogP) is 8.37. The molecule has 3 rings (SSSR count). The fourth-order valence-corrected chi connectivity index (χ4v) is 4.86. The molecule has 1 unspecified atom stereocenters. The molecule has 1 atom stereocenters. The molecule has 0 saturated heterocycles. The maximum Gasteiger partial charge on any atom is 0.673 e. The first kappa shape index (κ1) is 22.3. The van der Waals surface area contributed by atoms with Gasteiger partial charge in [0.25, 0.3) is 0 Å². The highest BCUT2D eigenvalue weighted by Gasteiger charge is 2.48. The molecule has 0 saturated carbocycles. The minimum atomic E-state index is -6.00. The van der Waals surface area contributed by atoms with E-state index in [9.17, 15) is 30.4 Å². The van der Waals surface area contributed by atoms with Crippen molar-refractivity contribution in [3.8, 4) is 10.4 Å². The third-order valence-electron chi connectivity index (χ3n) is 3.96. The molecule has 2 aromatic carbocycles. The van der Waals surface area contributed by atoms with Crippen LogP contribution in [0.4, 0.5) is 30.4 Å². The largest absolute Gasteiger partial charge is 0.673 e. The number of unbranched alkanes of at least 4 members (excludes halogenated alkanes) is 1. The Bertz CT molecular complexity index is 907. The van der Waals surface area contributed by atoms with Crippen LogP contribution in [0.25, 0.3) is 20.5 Å². The van der Waals surface area contributed by atoms with Gasteiger partial charge in [0, 0.05) is 17.0 Å². The van der Waals surface area contributed by atoms with Crippen LogP contribution in [0.1, 0.15) is 25.3 Å². The first-order chi connectivity index (χ1) is 13.0. The van der Waals surface area contributed by atoms with Crippen LogP contribution in [-0.2, 0) is 11.9 Å². The average molecular weight is 422 g/mol. The van der Waals surface area contributed by atoms with Crippen molar-refractivity contribution >= 4 is 27.8 Å². The van der Waals surface area contributed by atoms with Crippen LogP contribution in [0.2, 0.25) is 0 Å². The van der Waals surface area contributed by atoms with E-state index in [4.69, 9.17) is 0 Å². The van der Waals surface area contributed by atoms with Gasteiger partial charge in [-0.2, -0.15) is 0 Å². The highest BCUT2D eigenvalue weighted by atomic mass is 32.2. The molecule has 1 aromatic heterocycles. The summed E-state index contributed by atoms with van der Waals surface area (Å²) in [5.41, 5.74) is -2.50. The summed E-state index contributed by atoms with van der Waals surface area (Å²) in [7, 11) is -7.86. The number of hydrogen-bond donors (Lipinski definition) is 0. The van der Waals surface area contributed by atoms with Gasteiger partial charge in [-0.3, -0.25) is 0 Å². The van der Waals surface area contributed by atoms with Crippen molar-refractivity contribution in [1.29, 1.82) is 0 Å². The zero-order valence-corrected chi connectivity index (χ0v) is 15.8. The molecule has 0 aliphatic rings. The predicted molar refractivity (Wildman–Crippen MR) is 102 cm³/mol. The van der Waals surface area contributed by atoms with Gasteiger partial charge in [0.2, 0.25) is 0 Å². The summed E-state index contributed by atoms with van der Waals surface area (Å²) in [5, 5.41) is 0.688. The summed E-state index contributed by atoms with van der Waals surface area (Å²) in [6, 6.07) is 16.1. The van der Waals surface area contributed by atoms with E-state index in [1.807, 2.05) is 24.3 Å². The topological polar surface area (TPSA) is 0 Å². The van der Waals surface area contributed by atoms with Crippen LogP contribution < -0.4 is 0 Å². The van der Waals surface area contributed by atoms with Crippen LogP contribution in [0.5, 0.6) is 0 Å². The van der Waals surface area contributed by atoms with Gasteiger partial charge in [0.05, 0.1) is 0 Å². The number of thiophene rings is 1. The molecule has 0 bridgehead atoms. The lowest BCUT2D eigenvalue weighted by molar-refractivity contribution is -0.0864. The molecule has 0 fully saturated rings. The fourth-order valence-electron chi connectivity index (χ4n) is 2.89. The third kappa shape index (κ3) is 5.99. The Morgan fingerprint density at radius 2 is 1.46 bits per heavy atom. The van der Waals surface area contributed by atoms with Crippen LogP contribution in [-0.4, -0.2) is 7.25 Å². The van der Waals surface area contributed by atoms with Gasteiger partial charge in [-0.25, -0.2) is 0 Å². The summed E-state index contributed by atoms with van der Waals surface area (Å²) in [6.07, 6.45) is 2.82. The van der Waals surface area contributed by atoms with E-state index in [2.05, 4.69) is 6.92 Å². The van der Waals surface area contributed by atoms with Crippen molar-refractivity contribution in [3.05, 3.63) is 60.2 Å². The van der Waals surface area contributed by atoms with Gasteiger partial charge in [-0.05, 0) is 36.6 Å². The lowest BCUT2D eigenvalue weighted by Crippen LogP contribution is -2.02. The van der Waals surface area contributed by atoms with E-state index in [1.165, 1.54) is 0 Å². The van der Waals surface area contributed by atoms with Gasteiger partial charge in [0.15, 0.2) is 9.58 Å². The molecule has 0 nitrogen and oxygen atoms in total. The monoisotopic (exact) mass is 422 g/mol. The summed E-state index contributed by atoms with van der Waals surface area (Å²) >= 11 is 0. The Hall–Kier alpha value is -2.03. The molecule has 0 amide bonds. The van der Waals surface area contributed by atoms with E-state index in [0.29, 0.717) is 15.0 Å². The zero-order chi connectivity index (χ0) is 20.9. The van der Waals surface area contributed by atoms with Crippen LogP contribution in [0.3, 0.4) is 0 Å². The van der Waals surface area contributed by atoms with Gasteiger partial charge < -0.3 is 17.3 Å². The summed E-state index contributed by atoms with van der Waals surface area (Å²) < 4.78 is 80.6. The van der Waals surface area contributed by atoms with E-state index in [0.717, 1.165) is 30.4 Å². The first-order valence-electron chi connectivity index (χ1n) is 8.59. The number of alkyl halides is 3. The van der Waals surface area contributed by atoms with Gasteiger partial charge in [-0.15, -0.1) is 13.2 Å². The first-order valence-corrected chi connectivity index (χ1v) is 9.82. The fraction of sp³-hybridized carbons (Fsp3) is 0.263. The van der Waals surface area contributed by atoms with Crippen molar-refractivity contribution in [2.24, 2.45) is 0 Å². The number of rotatable bonds is 4. The maximum atomic E-state index is 13.7. The Morgan fingerprint density at radius 1 is 0.893 bits per heavy atom. The van der Waals surface area contributed by atoms with E-state index < -0.39 is 23.2 Å². The smallest absolute Gasteiger partial charge is 0.418 e. The molecule has 0 spiro atoms. The Balaban J connectivity index is 0.000000500. The number of fused-ring (bicyclic) bond motifs is 1. The third-order valence-corrected chi connectivity index (χ3v) is 6.01. The molecule has 3 aromatic rings. The summed E-state index contributed by atoms with van der Waals surface area (Å²) in [4.78, 5) is 0.408. The second-order valence-electron chi connectivity index (χ2n) is 6.05. The molecule has 9 heteroatoms. The van der Waals surface area contributed by atoms with Crippen molar-refractivity contribution in [2.45, 2.75) is 31.7 Å². The molecule has 0 radical (unpaired) electrons. The van der Waals surface area contributed by atoms with Crippen LogP contribution in [0, 0.1) is 0 Å². The Kier molecular flexibility index (Phi) is 7.14. The van der Waals surface area contributed by atoms with Crippen molar-refractivity contribution in [3.63, 3.8) is 0 Å². The highest BCUT2D eigenvalue weighted by molar-refractivity contribution is 7.41. The quantitative estimate of drug-likeness (QED) is 0.225. The van der Waals surface area contributed by atoms with Gasteiger partial charge in [0.1, 0.15) is 10.5 Å². The number of hydrogen-bond acceptors (Lipinski definition) is 0. The van der Waals surface area contributed by atoms with E-state index >= 15 is 0 Å². The zero-order valence-electron chi connectivity index (χ0n) is 14.9. The molecule has 0 aliphatic heterocycles. The molecular formula is C19H18BF7S. The molecule has 1 heterocycles. The van der Waals surface area contributed by atoms with Crippen molar-refractivity contribution in [1.82, 2.24) is 0 Å². The number of benzene rings is 2. The SMILES string of the molecule is CCCCc1ccccc1-c1cc2ccccc2[s+]1C(F)(F)F.F[B-](F)(F)F. The van der Waals surface area contributed by atoms with Crippen LogP contribution in [0.15, 0.2) is 54.6 Å². The maximum absolute atomic E-state index is 13.7. The van der Waals surface area contributed by atoms with Gasteiger partial charge >= 0.3 is 12.8 Å². The van der Waals surface area contributed by atoms with Crippen LogP contribution >= 0.6 is 10.5 Å². The molecule has 152 valence electrons. The summed E-state index contributed by atoms with van der Waals surface area (Å²) in [6.45, 7) is 2.09. The normalized spacial score (nSPS) is 12.6. The minimum Gasteiger partial charge on any atom is -0.418 e. The van der Waals surface area contributed by atoms with Crippen molar-refractivity contribution in [2.75, 3.05) is 0 Å². The second kappa shape index (κ2) is 8.98. The Morgan fingerprint density at radius 3 is 2.07 bits per heavy atom. The van der Waals surface area contributed by atoms with E-state index in [-0.39, 0.29) is 0 Å². The molecule has 28 heavy (non-hydrogen) atoms. The second-order valence-corrected chi connectivity index (χ2v) is 8.01. The lowest BCUT2D eigenvalue weighted by atomic mass is 10.0. The number of aryl methyl sites for hydroxylation is 1. The number of halogens is 7.